The first-order valence-electron chi connectivity index (χ1n) is 12.5. The number of benzene rings is 3. The molecule has 38 heavy (non-hydrogen) atoms. The standard InChI is InChI=1S/C29H28ClN3O5/c30-23-6-3-20(4-7-23)28(35)32-17-22-15-21(29(36)37)5-10-26(22)33(27(34)18-32)16-19-1-8-24(9-2-19)38-25-11-13-31-14-12-25/h1-10,15,25,31H,11-14,16-18H2,(H,36,37). The molecule has 0 bridgehead atoms. The van der Waals surface area contributed by atoms with E-state index in [9.17, 15) is 19.5 Å². The van der Waals surface area contributed by atoms with E-state index in [-0.39, 0.29) is 43.1 Å². The molecule has 0 saturated carbocycles. The smallest absolute Gasteiger partial charge is 0.335 e. The van der Waals surface area contributed by atoms with Gasteiger partial charge in [-0.25, -0.2) is 4.79 Å². The first-order chi connectivity index (χ1) is 18.4. The summed E-state index contributed by atoms with van der Waals surface area (Å²) in [5.41, 5.74) is 2.55. The third-order valence-electron chi connectivity index (χ3n) is 6.84. The highest BCUT2D eigenvalue weighted by Crippen LogP contribution is 2.30. The lowest BCUT2D eigenvalue weighted by Gasteiger charge is -2.25. The number of halogens is 1. The minimum absolute atomic E-state index is 0.0938. The fourth-order valence-corrected chi connectivity index (χ4v) is 4.93. The molecule has 0 atom stereocenters. The number of aromatic carboxylic acids is 1. The van der Waals surface area contributed by atoms with Gasteiger partial charge in [0.05, 0.1) is 12.1 Å². The van der Waals surface area contributed by atoms with Gasteiger partial charge in [0.25, 0.3) is 5.91 Å². The van der Waals surface area contributed by atoms with Gasteiger partial charge in [-0.15, -0.1) is 0 Å². The van der Waals surface area contributed by atoms with Gasteiger partial charge in [-0.2, -0.15) is 0 Å². The molecule has 0 spiro atoms. The highest BCUT2D eigenvalue weighted by atomic mass is 35.5. The Morgan fingerprint density at radius 1 is 0.947 bits per heavy atom. The molecule has 0 radical (unpaired) electrons. The van der Waals surface area contributed by atoms with Crippen molar-refractivity contribution in [3.05, 3.63) is 94.0 Å². The van der Waals surface area contributed by atoms with Crippen LogP contribution in [0.1, 0.15) is 44.7 Å². The van der Waals surface area contributed by atoms with E-state index in [0.717, 1.165) is 37.2 Å². The van der Waals surface area contributed by atoms with Crippen LogP contribution in [0.25, 0.3) is 0 Å². The van der Waals surface area contributed by atoms with E-state index in [0.29, 0.717) is 21.8 Å². The summed E-state index contributed by atoms with van der Waals surface area (Å²) in [7, 11) is 0. The lowest BCUT2D eigenvalue weighted by Crippen LogP contribution is -2.39. The number of carbonyl (C=O) groups excluding carboxylic acids is 2. The van der Waals surface area contributed by atoms with Crippen LogP contribution in [0.5, 0.6) is 5.75 Å². The number of fused-ring (bicyclic) bond motifs is 1. The van der Waals surface area contributed by atoms with Crippen LogP contribution >= 0.6 is 11.6 Å². The van der Waals surface area contributed by atoms with E-state index in [1.165, 1.54) is 17.0 Å². The summed E-state index contributed by atoms with van der Waals surface area (Å²) in [6.07, 6.45) is 2.11. The van der Waals surface area contributed by atoms with E-state index in [1.807, 2.05) is 24.3 Å². The third-order valence-corrected chi connectivity index (χ3v) is 7.09. The Morgan fingerprint density at radius 2 is 1.63 bits per heavy atom. The zero-order chi connectivity index (χ0) is 26.6. The van der Waals surface area contributed by atoms with Crippen LogP contribution in [0, 0.1) is 0 Å². The Kier molecular flexibility index (Phi) is 7.62. The molecule has 2 aliphatic heterocycles. The summed E-state index contributed by atoms with van der Waals surface area (Å²) >= 11 is 5.97. The summed E-state index contributed by atoms with van der Waals surface area (Å²) in [5, 5.41) is 13.4. The van der Waals surface area contributed by atoms with Crippen molar-refractivity contribution in [1.82, 2.24) is 10.2 Å². The zero-order valence-electron chi connectivity index (χ0n) is 20.7. The van der Waals surface area contributed by atoms with Crippen molar-refractivity contribution in [3.63, 3.8) is 0 Å². The molecular formula is C29H28ClN3O5. The van der Waals surface area contributed by atoms with Gasteiger partial charge in [-0.3, -0.25) is 9.59 Å². The molecule has 0 unspecified atom stereocenters. The Labute approximate surface area is 225 Å². The number of hydrogen-bond acceptors (Lipinski definition) is 5. The molecule has 2 heterocycles. The number of carboxylic acids is 1. The maximum Gasteiger partial charge on any atom is 0.335 e. The average Bonchev–Trinajstić information content (AvgIpc) is 3.06. The lowest BCUT2D eigenvalue weighted by atomic mass is 10.1. The highest BCUT2D eigenvalue weighted by Gasteiger charge is 2.30. The number of nitrogens with zero attached hydrogens (tertiary/aromatic N) is 2. The number of amides is 2. The fraction of sp³-hybridized carbons (Fsp3) is 0.276. The van der Waals surface area contributed by atoms with Crippen molar-refractivity contribution in [2.24, 2.45) is 0 Å². The number of anilines is 1. The molecule has 8 nitrogen and oxygen atoms in total. The Bertz CT molecular complexity index is 1340. The number of carboxylic acid groups (broad SMARTS) is 1. The molecule has 9 heteroatoms. The van der Waals surface area contributed by atoms with Crippen molar-refractivity contribution in [2.75, 3.05) is 24.5 Å². The van der Waals surface area contributed by atoms with Crippen molar-refractivity contribution in [2.45, 2.75) is 32.0 Å². The van der Waals surface area contributed by atoms with Crippen LogP contribution in [0.2, 0.25) is 5.02 Å². The molecule has 5 rings (SSSR count). The Morgan fingerprint density at radius 3 is 2.32 bits per heavy atom. The number of carbonyl (C=O) groups is 3. The predicted molar refractivity (Wildman–Crippen MR) is 144 cm³/mol. The fourth-order valence-electron chi connectivity index (χ4n) is 4.81. The normalized spacial score (nSPS) is 16.1. The molecule has 0 aromatic heterocycles. The molecule has 1 saturated heterocycles. The van der Waals surface area contributed by atoms with Gasteiger partial charge in [0, 0.05) is 22.8 Å². The molecule has 1 fully saturated rings. The van der Waals surface area contributed by atoms with Crippen LogP contribution < -0.4 is 15.0 Å². The Balaban J connectivity index is 1.40. The second-order valence-electron chi connectivity index (χ2n) is 9.51. The van der Waals surface area contributed by atoms with Crippen molar-refractivity contribution < 1.29 is 24.2 Å². The van der Waals surface area contributed by atoms with E-state index in [4.69, 9.17) is 16.3 Å². The van der Waals surface area contributed by atoms with E-state index < -0.39 is 5.97 Å². The average molecular weight is 534 g/mol. The van der Waals surface area contributed by atoms with E-state index >= 15 is 0 Å². The maximum absolute atomic E-state index is 13.5. The first-order valence-corrected chi connectivity index (χ1v) is 12.9. The summed E-state index contributed by atoms with van der Waals surface area (Å²) in [4.78, 5) is 41.5. The number of piperidine rings is 1. The van der Waals surface area contributed by atoms with Gasteiger partial charge in [-0.1, -0.05) is 23.7 Å². The van der Waals surface area contributed by atoms with Gasteiger partial charge in [0.1, 0.15) is 18.4 Å². The minimum atomic E-state index is -1.07. The van der Waals surface area contributed by atoms with Crippen molar-refractivity contribution in [1.29, 1.82) is 0 Å². The molecule has 196 valence electrons. The summed E-state index contributed by atoms with van der Waals surface area (Å²) in [5.74, 6) is -0.879. The molecule has 2 aliphatic rings. The van der Waals surface area contributed by atoms with Gasteiger partial charge >= 0.3 is 5.97 Å². The van der Waals surface area contributed by atoms with Crippen LogP contribution in [-0.2, 0) is 17.9 Å². The number of rotatable bonds is 6. The Hall–Kier alpha value is -3.88. The second-order valence-corrected chi connectivity index (χ2v) is 9.94. The molecule has 3 aromatic carbocycles. The predicted octanol–water partition coefficient (Wildman–Crippen LogP) is 4.36. The second kappa shape index (κ2) is 11.2. The van der Waals surface area contributed by atoms with E-state index in [1.54, 1.807) is 35.2 Å². The maximum atomic E-state index is 13.5. The first kappa shape index (κ1) is 25.8. The monoisotopic (exact) mass is 533 g/mol. The topological polar surface area (TPSA) is 99.2 Å². The summed E-state index contributed by atoms with van der Waals surface area (Å²) in [6, 6.07) is 18.8. The SMILES string of the molecule is O=C(O)c1ccc2c(c1)CN(C(=O)c1ccc(Cl)cc1)CC(=O)N2Cc1ccc(OC2CCNCC2)cc1. The highest BCUT2D eigenvalue weighted by molar-refractivity contribution is 6.30. The van der Waals surface area contributed by atoms with Gasteiger partial charge in [-0.05, 0) is 91.7 Å². The van der Waals surface area contributed by atoms with Gasteiger partial charge < -0.3 is 25.0 Å². The minimum Gasteiger partial charge on any atom is -0.490 e. The summed E-state index contributed by atoms with van der Waals surface area (Å²) in [6.45, 7) is 2.12. The number of nitrogens with one attached hydrogen (secondary N) is 1. The number of hydrogen-bond donors (Lipinski definition) is 2. The molecule has 2 amide bonds. The van der Waals surface area contributed by atoms with Crippen LogP contribution in [0.15, 0.2) is 66.7 Å². The molecule has 3 aromatic rings. The number of ether oxygens (including phenoxy) is 1. The largest absolute Gasteiger partial charge is 0.490 e. The van der Waals surface area contributed by atoms with Crippen LogP contribution in [0.4, 0.5) is 5.69 Å². The zero-order valence-corrected chi connectivity index (χ0v) is 21.5. The van der Waals surface area contributed by atoms with Crippen LogP contribution in [-0.4, -0.2) is 53.5 Å². The molecular weight excluding hydrogens is 506 g/mol. The lowest BCUT2D eigenvalue weighted by molar-refractivity contribution is -0.119. The molecule has 2 N–H and O–H groups in total. The van der Waals surface area contributed by atoms with Crippen LogP contribution in [0.3, 0.4) is 0 Å². The van der Waals surface area contributed by atoms with Crippen molar-refractivity contribution in [3.8, 4) is 5.75 Å². The van der Waals surface area contributed by atoms with Gasteiger partial charge in [0.2, 0.25) is 5.91 Å². The van der Waals surface area contributed by atoms with Crippen molar-refractivity contribution >= 4 is 35.1 Å². The van der Waals surface area contributed by atoms with Gasteiger partial charge in [0.15, 0.2) is 0 Å². The quantitative estimate of drug-likeness (QED) is 0.488. The third kappa shape index (κ3) is 5.82. The molecule has 0 aliphatic carbocycles. The van der Waals surface area contributed by atoms with E-state index in [2.05, 4.69) is 5.32 Å². The summed E-state index contributed by atoms with van der Waals surface area (Å²) < 4.78 is 6.09.